The number of rotatable bonds is 4. The zero-order chi connectivity index (χ0) is 19.8. The Morgan fingerprint density at radius 3 is 2.54 bits per heavy atom. The van der Waals surface area contributed by atoms with E-state index in [0.717, 1.165) is 25.0 Å². The number of carbonyl (C=O) groups is 2. The molecular weight excluding hydrogens is 369 g/mol. The molecule has 1 heterocycles. The van der Waals surface area contributed by atoms with Crippen LogP contribution in [0.25, 0.3) is 0 Å². The highest BCUT2D eigenvalue weighted by Crippen LogP contribution is 2.33. The van der Waals surface area contributed by atoms with Crippen molar-refractivity contribution in [3.05, 3.63) is 65.0 Å². The summed E-state index contributed by atoms with van der Waals surface area (Å²) < 4.78 is 40.4. The van der Waals surface area contributed by atoms with E-state index in [0.29, 0.717) is 17.8 Å². The van der Waals surface area contributed by atoms with Crippen LogP contribution in [0.4, 0.5) is 18.9 Å². The summed E-state index contributed by atoms with van der Waals surface area (Å²) in [4.78, 5) is 28.7. The van der Waals surface area contributed by atoms with E-state index in [4.69, 9.17) is 0 Å². The fraction of sp³-hybridized carbons (Fsp3) is 0.333. The highest BCUT2D eigenvalue weighted by molar-refractivity contribution is 5.99. The summed E-state index contributed by atoms with van der Waals surface area (Å²) in [5.74, 6) is -2.94. The molecule has 1 amide bonds. The zero-order valence-corrected chi connectivity index (χ0v) is 15.1. The summed E-state index contributed by atoms with van der Waals surface area (Å²) in [6.45, 7) is 0.475. The summed E-state index contributed by atoms with van der Waals surface area (Å²) in [7, 11) is 0. The number of hydrogen-bond donors (Lipinski definition) is 0. The third-order valence-electron chi connectivity index (χ3n) is 5.20. The van der Waals surface area contributed by atoms with Gasteiger partial charge in [0.05, 0.1) is 6.54 Å². The summed E-state index contributed by atoms with van der Waals surface area (Å²) in [6.07, 6.45) is 2.14. The summed E-state index contributed by atoms with van der Waals surface area (Å²) in [6, 6.07) is 7.53. The Morgan fingerprint density at radius 2 is 1.82 bits per heavy atom. The van der Waals surface area contributed by atoms with Crippen LogP contribution < -0.4 is 4.90 Å². The zero-order valence-electron chi connectivity index (χ0n) is 15.1. The van der Waals surface area contributed by atoms with E-state index < -0.39 is 23.2 Å². The first-order valence-corrected chi connectivity index (χ1v) is 9.23. The molecule has 0 bridgehead atoms. The van der Waals surface area contributed by atoms with Crippen molar-refractivity contribution < 1.29 is 22.8 Å². The maximum absolute atomic E-state index is 13.8. The molecule has 4 rings (SSSR count). The lowest BCUT2D eigenvalue weighted by molar-refractivity contribution is -0.132. The van der Waals surface area contributed by atoms with E-state index in [1.165, 1.54) is 18.2 Å². The number of carbonyl (C=O) groups excluding carboxylic acids is 2. The fourth-order valence-electron chi connectivity index (χ4n) is 3.57. The largest absolute Gasteiger partial charge is 0.363 e. The molecule has 0 atom stereocenters. The molecule has 0 aromatic heterocycles. The van der Waals surface area contributed by atoms with E-state index in [1.807, 2.05) is 0 Å². The second-order valence-corrected chi connectivity index (χ2v) is 7.25. The van der Waals surface area contributed by atoms with E-state index in [1.54, 1.807) is 15.9 Å². The number of anilines is 1. The van der Waals surface area contributed by atoms with Gasteiger partial charge in [-0.25, -0.2) is 13.2 Å². The van der Waals surface area contributed by atoms with Gasteiger partial charge in [-0.1, -0.05) is 0 Å². The Kier molecular flexibility index (Phi) is 4.83. The van der Waals surface area contributed by atoms with Gasteiger partial charge in [0.15, 0.2) is 17.4 Å². The normalized spacial score (nSPS) is 17.2. The van der Waals surface area contributed by atoms with Gasteiger partial charge >= 0.3 is 0 Å². The van der Waals surface area contributed by atoms with E-state index >= 15 is 0 Å². The minimum Gasteiger partial charge on any atom is -0.363 e. The number of amides is 1. The number of fused-ring (bicyclic) bond motifs is 1. The van der Waals surface area contributed by atoms with Gasteiger partial charge in [-0.15, -0.1) is 0 Å². The van der Waals surface area contributed by atoms with Crippen LogP contribution in [0.2, 0.25) is 0 Å². The lowest BCUT2D eigenvalue weighted by Gasteiger charge is -2.33. The number of halogens is 3. The standard InChI is InChI=1S/C21H19F3N2O2/c22-15-2-6-19-14(9-15)11-26(16-3-4-16)21(28)7-8-25(19)12-20(27)13-1-5-17(23)18(24)10-13/h1-2,5-6,9-10,16H,3-4,7-8,11-12H2. The van der Waals surface area contributed by atoms with Crippen LogP contribution in [0.5, 0.6) is 0 Å². The van der Waals surface area contributed by atoms with Gasteiger partial charge in [0.25, 0.3) is 0 Å². The van der Waals surface area contributed by atoms with Crippen LogP contribution >= 0.6 is 0 Å². The molecule has 2 aliphatic rings. The van der Waals surface area contributed by atoms with Crippen molar-refractivity contribution in [3.63, 3.8) is 0 Å². The monoisotopic (exact) mass is 388 g/mol. The predicted octanol–water partition coefficient (Wildman–Crippen LogP) is 3.69. The second-order valence-electron chi connectivity index (χ2n) is 7.25. The van der Waals surface area contributed by atoms with Crippen LogP contribution in [-0.4, -0.2) is 35.7 Å². The molecule has 0 radical (unpaired) electrons. The number of hydrogen-bond acceptors (Lipinski definition) is 3. The van der Waals surface area contributed by atoms with Gasteiger partial charge in [0.1, 0.15) is 5.82 Å². The SMILES string of the molecule is O=C(CN1CCC(=O)N(C2CC2)Cc2cc(F)ccc21)c1ccc(F)c(F)c1. The van der Waals surface area contributed by atoms with Gasteiger partial charge in [-0.05, 0) is 54.8 Å². The highest BCUT2D eigenvalue weighted by atomic mass is 19.2. The molecule has 1 aliphatic heterocycles. The molecule has 146 valence electrons. The Hall–Kier alpha value is -2.83. The third kappa shape index (κ3) is 3.74. The summed E-state index contributed by atoms with van der Waals surface area (Å²) in [5.41, 5.74) is 1.36. The Bertz CT molecular complexity index is 943. The summed E-state index contributed by atoms with van der Waals surface area (Å²) >= 11 is 0. The Morgan fingerprint density at radius 1 is 1.04 bits per heavy atom. The average molecular weight is 388 g/mol. The van der Waals surface area contributed by atoms with Gasteiger partial charge in [-0.2, -0.15) is 0 Å². The fourth-order valence-corrected chi connectivity index (χ4v) is 3.57. The predicted molar refractivity (Wildman–Crippen MR) is 97.5 cm³/mol. The molecule has 1 aliphatic carbocycles. The average Bonchev–Trinajstić information content (AvgIpc) is 3.49. The van der Waals surface area contributed by atoms with Crippen LogP contribution in [0, 0.1) is 17.5 Å². The molecule has 1 fully saturated rings. The lowest BCUT2D eigenvalue weighted by atomic mass is 10.1. The van der Waals surface area contributed by atoms with Crippen molar-refractivity contribution in [1.82, 2.24) is 4.90 Å². The second kappa shape index (κ2) is 7.30. The van der Waals surface area contributed by atoms with Crippen molar-refractivity contribution in [2.24, 2.45) is 0 Å². The molecule has 2 aromatic carbocycles. The minimum atomic E-state index is -1.09. The molecule has 7 heteroatoms. The molecule has 0 spiro atoms. The number of benzene rings is 2. The number of Topliss-reactive ketones (excluding diaryl/α,β-unsaturated/α-hetero) is 1. The van der Waals surface area contributed by atoms with Gasteiger partial charge in [0, 0.05) is 36.8 Å². The first kappa shape index (κ1) is 18.5. The smallest absolute Gasteiger partial charge is 0.224 e. The number of ketones is 1. The maximum atomic E-state index is 13.8. The van der Waals surface area contributed by atoms with Crippen molar-refractivity contribution in [2.45, 2.75) is 31.8 Å². The number of nitrogens with zero attached hydrogens (tertiary/aromatic N) is 2. The van der Waals surface area contributed by atoms with Crippen LogP contribution in [0.15, 0.2) is 36.4 Å². The Labute approximate surface area is 160 Å². The third-order valence-corrected chi connectivity index (χ3v) is 5.20. The van der Waals surface area contributed by atoms with Crippen molar-refractivity contribution in [1.29, 1.82) is 0 Å². The van der Waals surface area contributed by atoms with Crippen LogP contribution in [-0.2, 0) is 11.3 Å². The van der Waals surface area contributed by atoms with Crippen LogP contribution in [0.3, 0.4) is 0 Å². The first-order chi connectivity index (χ1) is 13.4. The summed E-state index contributed by atoms with van der Waals surface area (Å²) in [5, 5.41) is 0. The topological polar surface area (TPSA) is 40.6 Å². The molecule has 0 unspecified atom stereocenters. The molecule has 0 N–H and O–H groups in total. The van der Waals surface area contributed by atoms with Crippen molar-refractivity contribution >= 4 is 17.4 Å². The molecule has 0 saturated heterocycles. The van der Waals surface area contributed by atoms with E-state index in [-0.39, 0.29) is 37.0 Å². The van der Waals surface area contributed by atoms with Gasteiger partial charge < -0.3 is 9.80 Å². The Balaban J connectivity index is 1.62. The molecular formula is C21H19F3N2O2. The van der Waals surface area contributed by atoms with Crippen molar-refractivity contribution in [3.8, 4) is 0 Å². The quantitative estimate of drug-likeness (QED) is 0.751. The first-order valence-electron chi connectivity index (χ1n) is 9.23. The van der Waals surface area contributed by atoms with E-state index in [2.05, 4.69) is 0 Å². The van der Waals surface area contributed by atoms with Crippen molar-refractivity contribution in [2.75, 3.05) is 18.0 Å². The minimum absolute atomic E-state index is 0.0253. The van der Waals surface area contributed by atoms with E-state index in [9.17, 15) is 22.8 Å². The van der Waals surface area contributed by atoms with Gasteiger partial charge in [-0.3, -0.25) is 9.59 Å². The van der Waals surface area contributed by atoms with Crippen LogP contribution in [0.1, 0.15) is 35.2 Å². The molecule has 2 aromatic rings. The van der Waals surface area contributed by atoms with Gasteiger partial charge in [0.2, 0.25) is 5.91 Å². The highest BCUT2D eigenvalue weighted by Gasteiger charge is 2.34. The molecule has 28 heavy (non-hydrogen) atoms. The molecule has 4 nitrogen and oxygen atoms in total. The molecule has 1 saturated carbocycles. The maximum Gasteiger partial charge on any atom is 0.224 e. The lowest BCUT2D eigenvalue weighted by Crippen LogP contribution is -2.40.